The van der Waals surface area contributed by atoms with Crippen molar-refractivity contribution in [1.29, 1.82) is 0 Å². The summed E-state index contributed by atoms with van der Waals surface area (Å²) in [6.07, 6.45) is 0.277. The van der Waals surface area contributed by atoms with Crippen LogP contribution in [0.4, 0.5) is 0 Å². The Morgan fingerprint density at radius 1 is 1.42 bits per heavy atom. The van der Waals surface area contributed by atoms with Crippen molar-refractivity contribution >= 4 is 62.5 Å². The number of halogens is 4. The molecule has 1 rings (SSSR count). The van der Waals surface area contributed by atoms with E-state index in [1.165, 1.54) is 0 Å². The molecule has 0 aromatic heterocycles. The number of carbonyl (C=O) groups excluding carboxylic acids is 2. The maximum Gasteiger partial charge on any atom is 0.240 e. The normalized spacial score (nSPS) is 21.9. The zero-order valence-electron chi connectivity index (χ0n) is 5.69. The summed E-state index contributed by atoms with van der Waals surface area (Å²) < 4.78 is -0.750. The summed E-state index contributed by atoms with van der Waals surface area (Å²) >= 11 is 17.4. The van der Waals surface area contributed by atoms with Crippen LogP contribution in [0.5, 0.6) is 0 Å². The van der Waals surface area contributed by atoms with E-state index in [1.54, 1.807) is 0 Å². The zero-order chi connectivity index (χ0) is 9.72. The van der Waals surface area contributed by atoms with Gasteiger partial charge in [0.25, 0.3) is 0 Å². The lowest BCUT2D eigenvalue weighted by molar-refractivity contribution is -0.124. The molecule has 70 valence electrons. The Bertz CT molecular complexity index is 185. The second-order valence-corrected chi connectivity index (χ2v) is 4.92. The molecule has 1 aliphatic rings. The summed E-state index contributed by atoms with van der Waals surface area (Å²) in [4.78, 5) is 20.4. The highest BCUT2D eigenvalue weighted by molar-refractivity contribution is 9.10. The molecule has 0 aromatic carbocycles. The van der Waals surface area contributed by atoms with Crippen molar-refractivity contribution in [2.45, 2.75) is 15.5 Å². The molecular formula is C5H5BrCl3NO2. The van der Waals surface area contributed by atoms with Gasteiger partial charge in [0.1, 0.15) is 4.83 Å². The average molecular weight is 297 g/mol. The summed E-state index contributed by atoms with van der Waals surface area (Å²) in [5.74, 6) is -0.424. The van der Waals surface area contributed by atoms with Gasteiger partial charge >= 0.3 is 0 Å². The second-order valence-electron chi connectivity index (χ2n) is 1.83. The van der Waals surface area contributed by atoms with Crippen LogP contribution in [0.2, 0.25) is 0 Å². The molecule has 12 heavy (non-hydrogen) atoms. The van der Waals surface area contributed by atoms with E-state index in [0.29, 0.717) is 0 Å². The topological polar surface area (TPSA) is 46.2 Å². The molecule has 0 bridgehead atoms. The molecule has 1 N–H and O–H groups in total. The third-order valence-corrected chi connectivity index (χ3v) is 1.65. The fourth-order valence-corrected chi connectivity index (χ4v) is 0.931. The molecule has 1 unspecified atom stereocenters. The van der Waals surface area contributed by atoms with Crippen molar-refractivity contribution in [2.24, 2.45) is 0 Å². The summed E-state index contributed by atoms with van der Waals surface area (Å²) in [5, 5.41) is 2.14. The Morgan fingerprint density at radius 3 is 1.92 bits per heavy atom. The van der Waals surface area contributed by atoms with Gasteiger partial charge in [-0.2, -0.15) is 0 Å². The molecule has 0 spiro atoms. The van der Waals surface area contributed by atoms with Crippen LogP contribution >= 0.6 is 50.7 Å². The summed E-state index contributed by atoms with van der Waals surface area (Å²) in [5.41, 5.74) is 0. The molecule has 0 radical (unpaired) electrons. The maximum absolute atomic E-state index is 10.4. The first-order valence-corrected chi connectivity index (χ1v) is 5.06. The highest BCUT2D eigenvalue weighted by Gasteiger charge is 2.27. The average Bonchev–Trinajstić information content (AvgIpc) is 2.08. The van der Waals surface area contributed by atoms with Crippen LogP contribution < -0.4 is 5.32 Å². The van der Waals surface area contributed by atoms with E-state index in [1.807, 2.05) is 0 Å². The summed E-state index contributed by atoms with van der Waals surface area (Å²) in [6.45, 7) is 0. The van der Waals surface area contributed by atoms with Crippen molar-refractivity contribution in [1.82, 2.24) is 5.32 Å². The van der Waals surface area contributed by atoms with Gasteiger partial charge in [-0.05, 0) is 0 Å². The largest absolute Gasteiger partial charge is 0.295 e. The van der Waals surface area contributed by atoms with E-state index >= 15 is 0 Å². The minimum atomic E-state index is -0.750. The Hall–Kier alpha value is 0.490. The fraction of sp³-hybridized carbons (Fsp3) is 0.600. The Labute approximate surface area is 92.8 Å². The smallest absolute Gasteiger partial charge is 0.240 e. The molecule has 0 saturated carbocycles. The third-order valence-electron chi connectivity index (χ3n) is 0.912. The van der Waals surface area contributed by atoms with Crippen molar-refractivity contribution in [2.75, 3.05) is 0 Å². The van der Waals surface area contributed by atoms with Gasteiger partial charge in [-0.1, -0.05) is 50.7 Å². The van der Waals surface area contributed by atoms with Crippen LogP contribution in [-0.2, 0) is 9.59 Å². The van der Waals surface area contributed by atoms with E-state index in [0.717, 1.165) is 0 Å². The van der Waals surface area contributed by atoms with Gasteiger partial charge in [-0.25, -0.2) is 0 Å². The Balaban J connectivity index is 0.000000261. The number of hydrogen-bond donors (Lipinski definition) is 1. The van der Waals surface area contributed by atoms with E-state index < -0.39 is 4.30 Å². The standard InChI is InChI=1S/C4H4BrNO2.CHCl3/c5-2-1-3(7)6-4(2)8;2-1(3)4/h2H,1H2,(H,6,7,8);1H. The molecule has 2 amide bonds. The van der Waals surface area contributed by atoms with Crippen LogP contribution in [-0.4, -0.2) is 20.9 Å². The Kier molecular flexibility index (Phi) is 6.27. The number of nitrogens with one attached hydrogen (secondary N) is 1. The van der Waals surface area contributed by atoms with Crippen molar-refractivity contribution < 1.29 is 9.59 Å². The minimum absolute atomic E-state index is 0.197. The van der Waals surface area contributed by atoms with Crippen LogP contribution in [0, 0.1) is 0 Å². The second kappa shape index (κ2) is 6.02. The predicted molar refractivity (Wildman–Crippen MR) is 51.8 cm³/mol. The lowest BCUT2D eigenvalue weighted by Crippen LogP contribution is -2.21. The van der Waals surface area contributed by atoms with Crippen LogP contribution in [0.1, 0.15) is 6.42 Å². The van der Waals surface area contributed by atoms with E-state index in [9.17, 15) is 9.59 Å². The first-order chi connectivity index (χ1) is 5.43. The van der Waals surface area contributed by atoms with Gasteiger partial charge in [0.15, 0.2) is 4.30 Å². The van der Waals surface area contributed by atoms with E-state index in [4.69, 9.17) is 34.8 Å². The summed E-state index contributed by atoms with van der Waals surface area (Å²) in [6, 6.07) is 0. The Morgan fingerprint density at radius 2 is 1.83 bits per heavy atom. The quantitative estimate of drug-likeness (QED) is 0.547. The predicted octanol–water partition coefficient (Wildman–Crippen LogP) is 1.78. The molecule has 1 heterocycles. The molecule has 0 aliphatic carbocycles. The maximum atomic E-state index is 10.4. The fourth-order valence-electron chi connectivity index (χ4n) is 0.522. The van der Waals surface area contributed by atoms with Crippen molar-refractivity contribution in [3.8, 4) is 0 Å². The van der Waals surface area contributed by atoms with Crippen LogP contribution in [0.3, 0.4) is 0 Å². The molecule has 3 nitrogen and oxygen atoms in total. The minimum Gasteiger partial charge on any atom is -0.295 e. The van der Waals surface area contributed by atoms with E-state index in [-0.39, 0.29) is 23.1 Å². The van der Waals surface area contributed by atoms with Crippen molar-refractivity contribution in [3.05, 3.63) is 0 Å². The van der Waals surface area contributed by atoms with Gasteiger partial charge in [-0.3, -0.25) is 14.9 Å². The first kappa shape index (κ1) is 12.5. The molecule has 1 aliphatic heterocycles. The number of hydrogen-bond acceptors (Lipinski definition) is 2. The molecular weight excluding hydrogens is 292 g/mol. The molecule has 1 atom stereocenters. The number of imide groups is 1. The number of amides is 2. The molecule has 7 heteroatoms. The van der Waals surface area contributed by atoms with Gasteiger partial charge < -0.3 is 0 Å². The molecule has 0 aromatic rings. The van der Waals surface area contributed by atoms with Gasteiger partial charge in [-0.15, -0.1) is 0 Å². The van der Waals surface area contributed by atoms with Gasteiger partial charge in [0.05, 0.1) is 0 Å². The summed E-state index contributed by atoms with van der Waals surface area (Å²) in [7, 11) is 0. The highest BCUT2D eigenvalue weighted by atomic mass is 79.9. The lowest BCUT2D eigenvalue weighted by Gasteiger charge is -1.86. The number of rotatable bonds is 0. The van der Waals surface area contributed by atoms with E-state index in [2.05, 4.69) is 21.2 Å². The van der Waals surface area contributed by atoms with Crippen LogP contribution in [0.25, 0.3) is 0 Å². The third kappa shape index (κ3) is 6.06. The van der Waals surface area contributed by atoms with Gasteiger partial charge in [0, 0.05) is 6.42 Å². The monoisotopic (exact) mass is 295 g/mol. The lowest BCUT2D eigenvalue weighted by atomic mass is 10.4. The molecule has 1 fully saturated rings. The number of carbonyl (C=O) groups is 2. The SMILES string of the molecule is ClC(Cl)Cl.O=C1CC(Br)C(=O)N1. The first-order valence-electron chi connectivity index (χ1n) is 2.83. The van der Waals surface area contributed by atoms with Crippen molar-refractivity contribution in [3.63, 3.8) is 0 Å². The zero-order valence-corrected chi connectivity index (χ0v) is 9.54. The number of alkyl halides is 4. The highest BCUT2D eigenvalue weighted by Crippen LogP contribution is 2.10. The molecule has 1 saturated heterocycles. The van der Waals surface area contributed by atoms with Gasteiger partial charge in [0.2, 0.25) is 11.8 Å². The van der Waals surface area contributed by atoms with Crippen LogP contribution in [0.15, 0.2) is 0 Å².